The molecule has 8 nitrogen and oxygen atoms in total. The summed E-state index contributed by atoms with van der Waals surface area (Å²) in [6.45, 7) is 0.136. The number of anilines is 1. The standard InChI is InChI=1S/C10H9BrN4O4/c11-7-2-6(15(18)19)3-13-10(7)14-4-5(9(12)17)1-8(14)16/h2-3,5H,1,4H2,(H2,12,17). The van der Waals surface area contributed by atoms with Gasteiger partial charge in [-0.1, -0.05) is 0 Å². The van der Waals surface area contributed by atoms with Crippen molar-refractivity contribution in [2.75, 3.05) is 11.4 Å². The first-order valence-electron chi connectivity index (χ1n) is 5.29. The molecule has 2 N–H and O–H groups in total. The molecule has 2 heterocycles. The van der Waals surface area contributed by atoms with E-state index in [2.05, 4.69) is 20.9 Å². The van der Waals surface area contributed by atoms with Crippen LogP contribution in [0.15, 0.2) is 16.7 Å². The average Bonchev–Trinajstić information content (AvgIpc) is 2.71. The summed E-state index contributed by atoms with van der Waals surface area (Å²) in [5.41, 5.74) is 4.98. The number of primary amides is 1. The Labute approximate surface area is 115 Å². The summed E-state index contributed by atoms with van der Waals surface area (Å²) in [4.78, 5) is 38.1. The lowest BCUT2D eigenvalue weighted by molar-refractivity contribution is -0.385. The molecule has 1 unspecified atom stereocenters. The zero-order valence-electron chi connectivity index (χ0n) is 9.58. The minimum absolute atomic E-state index is 0.0282. The number of pyridine rings is 1. The number of halogens is 1. The molecule has 1 saturated heterocycles. The fraction of sp³-hybridized carbons (Fsp3) is 0.300. The molecule has 1 aliphatic heterocycles. The number of nitro groups is 1. The Morgan fingerprint density at radius 2 is 2.32 bits per heavy atom. The molecule has 1 aliphatic rings. The third-order valence-corrected chi connectivity index (χ3v) is 3.38. The van der Waals surface area contributed by atoms with Crippen molar-refractivity contribution in [1.82, 2.24) is 4.98 Å². The van der Waals surface area contributed by atoms with Crippen molar-refractivity contribution in [1.29, 1.82) is 0 Å². The van der Waals surface area contributed by atoms with Crippen LogP contribution in [0.25, 0.3) is 0 Å². The quantitative estimate of drug-likeness (QED) is 0.643. The summed E-state index contributed by atoms with van der Waals surface area (Å²) in [6.07, 6.45) is 1.09. The summed E-state index contributed by atoms with van der Waals surface area (Å²) in [5, 5.41) is 10.6. The van der Waals surface area contributed by atoms with Crippen molar-refractivity contribution in [2.24, 2.45) is 11.7 Å². The van der Waals surface area contributed by atoms with Gasteiger partial charge in [0.2, 0.25) is 11.8 Å². The number of hydrogen-bond acceptors (Lipinski definition) is 5. The topological polar surface area (TPSA) is 119 Å². The molecule has 0 bridgehead atoms. The number of carbonyl (C=O) groups is 2. The van der Waals surface area contributed by atoms with Crippen LogP contribution in [-0.4, -0.2) is 28.3 Å². The second-order valence-corrected chi connectivity index (χ2v) is 4.92. The molecule has 0 spiro atoms. The number of rotatable bonds is 3. The van der Waals surface area contributed by atoms with E-state index in [1.54, 1.807) is 0 Å². The van der Waals surface area contributed by atoms with Crippen molar-refractivity contribution in [2.45, 2.75) is 6.42 Å². The van der Waals surface area contributed by atoms with Crippen LogP contribution < -0.4 is 10.6 Å². The van der Waals surface area contributed by atoms with Gasteiger partial charge >= 0.3 is 0 Å². The average molecular weight is 329 g/mol. The van der Waals surface area contributed by atoms with Gasteiger partial charge in [-0.2, -0.15) is 0 Å². The minimum atomic E-state index is -0.584. The zero-order valence-corrected chi connectivity index (χ0v) is 11.2. The van der Waals surface area contributed by atoms with Crippen molar-refractivity contribution in [3.8, 4) is 0 Å². The third-order valence-electron chi connectivity index (χ3n) is 2.80. The molecule has 0 radical (unpaired) electrons. The molecule has 2 amide bonds. The normalized spacial score (nSPS) is 18.7. The second kappa shape index (κ2) is 4.92. The van der Waals surface area contributed by atoms with Gasteiger partial charge in [-0.15, -0.1) is 0 Å². The van der Waals surface area contributed by atoms with E-state index in [0.29, 0.717) is 4.47 Å². The summed E-state index contributed by atoms with van der Waals surface area (Å²) in [6, 6.07) is 1.26. The number of nitrogens with zero attached hydrogens (tertiary/aromatic N) is 3. The van der Waals surface area contributed by atoms with Crippen molar-refractivity contribution >= 4 is 39.2 Å². The Bertz CT molecular complexity index is 577. The van der Waals surface area contributed by atoms with E-state index < -0.39 is 16.7 Å². The van der Waals surface area contributed by atoms with Gasteiger partial charge in [0, 0.05) is 19.0 Å². The Balaban J connectivity index is 2.30. The third kappa shape index (κ3) is 2.55. The van der Waals surface area contributed by atoms with Crippen LogP contribution >= 0.6 is 15.9 Å². The Morgan fingerprint density at radius 3 is 2.79 bits per heavy atom. The van der Waals surface area contributed by atoms with Gasteiger partial charge in [0.1, 0.15) is 12.0 Å². The number of hydrogen-bond donors (Lipinski definition) is 1. The molecule has 9 heteroatoms. The van der Waals surface area contributed by atoms with E-state index in [9.17, 15) is 19.7 Å². The first-order valence-corrected chi connectivity index (χ1v) is 6.09. The van der Waals surface area contributed by atoms with Gasteiger partial charge in [0.05, 0.1) is 15.3 Å². The fourth-order valence-electron chi connectivity index (χ4n) is 1.82. The van der Waals surface area contributed by atoms with Gasteiger partial charge < -0.3 is 5.73 Å². The highest BCUT2D eigenvalue weighted by Gasteiger charge is 2.35. The van der Waals surface area contributed by atoms with Crippen LogP contribution in [0.5, 0.6) is 0 Å². The highest BCUT2D eigenvalue weighted by atomic mass is 79.9. The number of aromatic nitrogens is 1. The maximum Gasteiger partial charge on any atom is 0.288 e. The van der Waals surface area contributed by atoms with Crippen LogP contribution in [0, 0.1) is 16.0 Å². The van der Waals surface area contributed by atoms with Crippen LogP contribution in [0.3, 0.4) is 0 Å². The van der Waals surface area contributed by atoms with E-state index in [4.69, 9.17) is 5.73 Å². The molecular formula is C10H9BrN4O4. The predicted molar refractivity (Wildman–Crippen MR) is 68.2 cm³/mol. The maximum atomic E-state index is 11.8. The molecule has 0 saturated carbocycles. The monoisotopic (exact) mass is 328 g/mol. The molecule has 1 aromatic rings. The first kappa shape index (κ1) is 13.4. The van der Waals surface area contributed by atoms with E-state index in [-0.39, 0.29) is 30.4 Å². The van der Waals surface area contributed by atoms with Gasteiger partial charge in [-0.25, -0.2) is 4.98 Å². The van der Waals surface area contributed by atoms with Crippen molar-refractivity contribution in [3.63, 3.8) is 0 Å². The van der Waals surface area contributed by atoms with Crippen LogP contribution in [0.4, 0.5) is 11.5 Å². The van der Waals surface area contributed by atoms with Crippen LogP contribution in [0.1, 0.15) is 6.42 Å². The molecule has 100 valence electrons. The Hall–Kier alpha value is -2.03. The predicted octanol–water partition coefficient (Wildman–Crippen LogP) is 0.590. The second-order valence-electron chi connectivity index (χ2n) is 4.06. The Kier molecular flexibility index (Phi) is 3.47. The summed E-state index contributed by atoms with van der Waals surface area (Å²) in [7, 11) is 0. The lowest BCUT2D eigenvalue weighted by Crippen LogP contribution is -2.29. The van der Waals surface area contributed by atoms with Gasteiger partial charge in [-0.3, -0.25) is 24.6 Å². The largest absolute Gasteiger partial charge is 0.369 e. The molecular weight excluding hydrogens is 320 g/mol. The summed E-state index contributed by atoms with van der Waals surface area (Å²) >= 11 is 3.13. The smallest absolute Gasteiger partial charge is 0.288 e. The molecule has 0 aromatic carbocycles. The number of amides is 2. The van der Waals surface area contributed by atoms with Gasteiger partial charge in [0.15, 0.2) is 0 Å². The highest BCUT2D eigenvalue weighted by molar-refractivity contribution is 9.10. The molecule has 0 aliphatic carbocycles. The lowest BCUT2D eigenvalue weighted by Gasteiger charge is -2.16. The highest BCUT2D eigenvalue weighted by Crippen LogP contribution is 2.31. The van der Waals surface area contributed by atoms with E-state index in [1.807, 2.05) is 0 Å². The Morgan fingerprint density at radius 1 is 1.63 bits per heavy atom. The zero-order chi connectivity index (χ0) is 14.2. The van der Waals surface area contributed by atoms with Gasteiger partial charge in [-0.05, 0) is 15.9 Å². The molecule has 2 rings (SSSR count). The SMILES string of the molecule is NC(=O)C1CC(=O)N(c2ncc([N+](=O)[O-])cc2Br)C1. The number of nitrogens with two attached hydrogens (primary N) is 1. The first-order chi connectivity index (χ1) is 8.90. The molecule has 1 atom stereocenters. The summed E-state index contributed by atoms with van der Waals surface area (Å²) in [5.74, 6) is -1.14. The van der Waals surface area contributed by atoms with Crippen molar-refractivity contribution < 1.29 is 14.5 Å². The van der Waals surface area contributed by atoms with Crippen LogP contribution in [-0.2, 0) is 9.59 Å². The van der Waals surface area contributed by atoms with E-state index >= 15 is 0 Å². The molecule has 1 aromatic heterocycles. The molecule has 19 heavy (non-hydrogen) atoms. The van der Waals surface area contributed by atoms with Crippen LogP contribution in [0.2, 0.25) is 0 Å². The fourth-order valence-corrected chi connectivity index (χ4v) is 2.37. The van der Waals surface area contributed by atoms with Crippen molar-refractivity contribution in [3.05, 3.63) is 26.9 Å². The lowest BCUT2D eigenvalue weighted by atomic mass is 10.1. The maximum absolute atomic E-state index is 11.8. The minimum Gasteiger partial charge on any atom is -0.369 e. The van der Waals surface area contributed by atoms with E-state index in [1.165, 1.54) is 11.0 Å². The summed E-state index contributed by atoms with van der Waals surface area (Å²) < 4.78 is 0.320. The van der Waals surface area contributed by atoms with E-state index in [0.717, 1.165) is 6.20 Å². The molecule has 1 fully saturated rings. The number of carbonyl (C=O) groups excluding carboxylic acids is 2. The van der Waals surface area contributed by atoms with Gasteiger partial charge in [0.25, 0.3) is 5.69 Å².